The predicted octanol–water partition coefficient (Wildman–Crippen LogP) is 4.38. The van der Waals surface area contributed by atoms with Crippen molar-refractivity contribution >= 4 is 19.9 Å². The molecule has 0 spiro atoms. The number of benzene rings is 2. The molecule has 0 saturated heterocycles. The summed E-state index contributed by atoms with van der Waals surface area (Å²) in [5.74, 6) is -2.01. The Morgan fingerprint density at radius 1 is 0.943 bits per heavy atom. The minimum absolute atomic E-state index is 0.0550. The van der Waals surface area contributed by atoms with Gasteiger partial charge in [0.2, 0.25) is 0 Å². The second-order valence-electron chi connectivity index (χ2n) is 11.9. The van der Waals surface area contributed by atoms with Crippen molar-refractivity contribution in [3.8, 4) is 11.5 Å². The number of hydrogen-bond donors (Lipinski definition) is 4. The number of carbonyl (C=O) groups excluding carboxylic acids is 2. The van der Waals surface area contributed by atoms with E-state index in [1.165, 1.54) is 26.0 Å². The number of hydrogen-bond acceptors (Lipinski definition) is 7. The number of fused-ring (bicyclic) bond motifs is 3. The maximum absolute atomic E-state index is 13.4. The van der Waals surface area contributed by atoms with Gasteiger partial charge in [0.15, 0.2) is 19.9 Å². The van der Waals surface area contributed by atoms with Gasteiger partial charge in [-0.25, -0.2) is 0 Å². The van der Waals surface area contributed by atoms with Crippen LogP contribution in [-0.2, 0) is 10.8 Å². The molecule has 2 atom stereocenters. The molecule has 0 aromatic heterocycles. The van der Waals surface area contributed by atoms with Gasteiger partial charge in [0.05, 0.1) is 28.4 Å². The number of phenols is 2. The van der Waals surface area contributed by atoms with Crippen molar-refractivity contribution in [1.29, 1.82) is 0 Å². The summed E-state index contributed by atoms with van der Waals surface area (Å²) in [5, 5.41) is 45.1. The van der Waals surface area contributed by atoms with Gasteiger partial charge in [0.1, 0.15) is 11.5 Å². The van der Waals surface area contributed by atoms with Crippen LogP contribution in [-0.4, -0.2) is 51.5 Å². The fraction of sp³-hybridized carbons (Fsp3) is 0.481. The first-order chi connectivity index (χ1) is 15.9. The fourth-order valence-corrected chi connectivity index (χ4v) is 6.05. The van der Waals surface area contributed by atoms with Crippen LogP contribution in [0, 0.1) is 0 Å². The molecule has 8 heteroatoms. The zero-order valence-electron chi connectivity index (χ0n) is 21.3. The van der Waals surface area contributed by atoms with Crippen molar-refractivity contribution < 1.29 is 34.4 Å². The van der Waals surface area contributed by atoms with Crippen LogP contribution in [0.2, 0.25) is 18.1 Å². The van der Waals surface area contributed by atoms with Gasteiger partial charge in [-0.05, 0) is 32.0 Å². The maximum Gasteiger partial charge on any atom is 0.198 e. The van der Waals surface area contributed by atoms with Crippen LogP contribution in [0.25, 0.3) is 0 Å². The zero-order valence-corrected chi connectivity index (χ0v) is 22.3. The summed E-state index contributed by atoms with van der Waals surface area (Å²) < 4.78 is 6.62. The molecule has 0 heterocycles. The monoisotopic (exact) mass is 498 g/mol. The molecule has 188 valence electrons. The quantitative estimate of drug-likeness (QED) is 0.312. The Morgan fingerprint density at radius 3 is 1.89 bits per heavy atom. The van der Waals surface area contributed by atoms with Gasteiger partial charge in [-0.2, -0.15) is 0 Å². The molecular formula is C27H34O7Si. The van der Waals surface area contributed by atoms with E-state index < -0.39 is 48.7 Å². The summed E-state index contributed by atoms with van der Waals surface area (Å²) in [6, 6.07) is 6.29. The van der Waals surface area contributed by atoms with Crippen molar-refractivity contribution in [2.24, 2.45) is 0 Å². The number of rotatable bonds is 3. The molecule has 0 radical (unpaired) electrons. The Labute approximate surface area is 206 Å². The van der Waals surface area contributed by atoms with E-state index in [1.54, 1.807) is 12.1 Å². The van der Waals surface area contributed by atoms with Gasteiger partial charge in [-0.1, -0.05) is 45.0 Å². The third-order valence-electron chi connectivity index (χ3n) is 8.16. The van der Waals surface area contributed by atoms with Crippen molar-refractivity contribution in [3.05, 3.63) is 57.6 Å². The van der Waals surface area contributed by atoms with Crippen LogP contribution in [0.4, 0.5) is 0 Å². The van der Waals surface area contributed by atoms with Gasteiger partial charge < -0.3 is 24.9 Å². The van der Waals surface area contributed by atoms with Crippen LogP contribution in [0.3, 0.4) is 0 Å². The maximum atomic E-state index is 13.4. The van der Waals surface area contributed by atoms with E-state index in [0.29, 0.717) is 0 Å². The lowest BCUT2D eigenvalue weighted by Gasteiger charge is -2.48. The molecule has 2 aromatic rings. The lowest BCUT2D eigenvalue weighted by atomic mass is 9.68. The van der Waals surface area contributed by atoms with Crippen LogP contribution in [0.1, 0.15) is 90.1 Å². The number of ketones is 2. The molecule has 0 aliphatic heterocycles. The highest BCUT2D eigenvalue weighted by Crippen LogP contribution is 2.54. The Morgan fingerprint density at radius 2 is 1.43 bits per heavy atom. The molecule has 2 aliphatic rings. The normalized spacial score (nSPS) is 22.5. The number of aliphatic hydroxyl groups is 2. The number of aromatic hydroxyl groups is 2. The molecule has 4 N–H and O–H groups in total. The first-order valence-electron chi connectivity index (χ1n) is 11.8. The first kappa shape index (κ1) is 25.6. The van der Waals surface area contributed by atoms with Crippen molar-refractivity contribution in [2.75, 3.05) is 0 Å². The third kappa shape index (κ3) is 3.74. The molecular weight excluding hydrogens is 464 g/mol. The van der Waals surface area contributed by atoms with Gasteiger partial charge >= 0.3 is 0 Å². The topological polar surface area (TPSA) is 124 Å². The summed E-state index contributed by atoms with van der Waals surface area (Å²) in [6.07, 6.45) is -1.19. The smallest absolute Gasteiger partial charge is 0.198 e. The highest BCUT2D eigenvalue weighted by molar-refractivity contribution is 6.74. The largest absolute Gasteiger partial charge is 0.507 e. The van der Waals surface area contributed by atoms with Gasteiger partial charge in [0, 0.05) is 35.1 Å². The Kier molecular flexibility index (Phi) is 5.65. The summed E-state index contributed by atoms with van der Waals surface area (Å²) in [5.41, 5.74) is -3.22. The average molecular weight is 499 g/mol. The van der Waals surface area contributed by atoms with Crippen molar-refractivity contribution in [3.63, 3.8) is 0 Å². The molecule has 0 unspecified atom stereocenters. The lowest BCUT2D eigenvalue weighted by Crippen LogP contribution is -2.56. The number of phenolic OH excluding ortho intramolecular Hbond substituents is 2. The molecule has 0 fully saturated rings. The van der Waals surface area contributed by atoms with Gasteiger partial charge in [0.25, 0.3) is 0 Å². The molecule has 7 nitrogen and oxygen atoms in total. The van der Waals surface area contributed by atoms with E-state index in [9.17, 15) is 30.0 Å². The molecule has 35 heavy (non-hydrogen) atoms. The number of carbonyl (C=O) groups is 2. The predicted molar refractivity (Wildman–Crippen MR) is 134 cm³/mol. The minimum Gasteiger partial charge on any atom is -0.507 e. The first-order valence-corrected chi connectivity index (χ1v) is 14.7. The Hall–Kier alpha value is -2.52. The Balaban J connectivity index is 2.01. The average Bonchev–Trinajstić information content (AvgIpc) is 2.72. The summed E-state index contributed by atoms with van der Waals surface area (Å²) >= 11 is 0. The van der Waals surface area contributed by atoms with E-state index in [1.807, 2.05) is 13.1 Å². The Bertz CT molecular complexity index is 1250. The van der Waals surface area contributed by atoms with E-state index in [-0.39, 0.29) is 51.3 Å². The fourth-order valence-electron chi connectivity index (χ4n) is 4.78. The third-order valence-corrected chi connectivity index (χ3v) is 12.6. The summed E-state index contributed by atoms with van der Waals surface area (Å²) in [7, 11) is -2.48. The zero-order chi connectivity index (χ0) is 26.3. The summed E-state index contributed by atoms with van der Waals surface area (Å²) in [6.45, 7) is 13.1. The van der Waals surface area contributed by atoms with Crippen LogP contribution >= 0.6 is 0 Å². The van der Waals surface area contributed by atoms with E-state index in [4.69, 9.17) is 4.43 Å². The molecule has 0 amide bonds. The van der Waals surface area contributed by atoms with Crippen molar-refractivity contribution in [2.45, 2.75) is 82.9 Å². The van der Waals surface area contributed by atoms with Crippen LogP contribution in [0.15, 0.2) is 24.3 Å². The molecule has 4 rings (SSSR count). The van der Waals surface area contributed by atoms with E-state index >= 15 is 0 Å². The summed E-state index contributed by atoms with van der Waals surface area (Å²) in [4.78, 5) is 26.8. The minimum atomic E-state index is -2.48. The second kappa shape index (κ2) is 7.74. The van der Waals surface area contributed by atoms with E-state index in [2.05, 4.69) is 20.8 Å². The van der Waals surface area contributed by atoms with Crippen LogP contribution < -0.4 is 0 Å². The highest BCUT2D eigenvalue weighted by Gasteiger charge is 2.53. The van der Waals surface area contributed by atoms with Crippen molar-refractivity contribution in [1.82, 2.24) is 0 Å². The van der Waals surface area contributed by atoms with Gasteiger partial charge in [-0.3, -0.25) is 9.59 Å². The molecule has 0 saturated carbocycles. The van der Waals surface area contributed by atoms with Gasteiger partial charge in [-0.15, -0.1) is 0 Å². The van der Waals surface area contributed by atoms with Crippen LogP contribution in [0.5, 0.6) is 11.5 Å². The SMILES string of the molecule is CC(C)(O)[C@]1(O)Cc2c(O)c3c(c(O)c2[C@@H](O[Si](C)(C)C(C)(C)C)C1)C(=O)c1ccccc1C3=O. The van der Waals surface area contributed by atoms with E-state index in [0.717, 1.165) is 0 Å². The highest BCUT2D eigenvalue weighted by atomic mass is 28.4. The lowest BCUT2D eigenvalue weighted by molar-refractivity contribution is -0.153. The molecule has 2 aromatic carbocycles. The molecule has 2 aliphatic carbocycles. The second-order valence-corrected chi connectivity index (χ2v) is 16.6. The standard InChI is InChI=1S/C27H34O7Si/c1-25(2,3)35(6,7)34-17-13-27(33,26(4,5)32)12-16-18(17)24(31)20-19(23(16)30)21(28)14-10-8-9-11-15(14)22(20)29/h8-11,17,30-33H,12-13H2,1-7H3/t17-,27-/m0/s1. The molecule has 0 bridgehead atoms.